The van der Waals surface area contributed by atoms with Crippen molar-refractivity contribution in [2.45, 2.75) is 44.1 Å². The number of likely N-dealkylation sites (N-methyl/N-ethyl adjacent to an activating group) is 1. The van der Waals surface area contributed by atoms with Crippen LogP contribution in [-0.4, -0.2) is 96.4 Å². The van der Waals surface area contributed by atoms with Crippen LogP contribution in [0.15, 0.2) is 6.07 Å². The summed E-state index contributed by atoms with van der Waals surface area (Å²) in [5.41, 5.74) is 1.71. The number of aromatic amines is 1. The average molecular weight is 376 g/mol. The van der Waals surface area contributed by atoms with Gasteiger partial charge < -0.3 is 19.4 Å². The average Bonchev–Trinajstić information content (AvgIpc) is 3.43. The van der Waals surface area contributed by atoms with Gasteiger partial charge in [0.25, 0.3) is 5.91 Å². The number of hydrogen-bond acceptors (Lipinski definition) is 5. The van der Waals surface area contributed by atoms with Crippen LogP contribution in [0.4, 0.5) is 0 Å². The molecule has 1 aromatic heterocycles. The highest BCUT2D eigenvalue weighted by Gasteiger charge is 2.30. The minimum absolute atomic E-state index is 0.0865. The maximum absolute atomic E-state index is 13.2. The molecule has 7 heteroatoms. The third-order valence-corrected chi connectivity index (χ3v) is 6.20. The molecule has 0 bridgehead atoms. The summed E-state index contributed by atoms with van der Waals surface area (Å²) in [5, 5.41) is 7.42. The molecule has 0 radical (unpaired) electrons. The highest BCUT2D eigenvalue weighted by Crippen LogP contribution is 2.39. The van der Waals surface area contributed by atoms with Gasteiger partial charge in [-0.1, -0.05) is 0 Å². The third kappa shape index (κ3) is 4.89. The van der Waals surface area contributed by atoms with Gasteiger partial charge in [-0.3, -0.25) is 9.89 Å². The number of piperazine rings is 1. The van der Waals surface area contributed by atoms with E-state index < -0.39 is 0 Å². The van der Waals surface area contributed by atoms with Crippen molar-refractivity contribution >= 4 is 5.91 Å². The standard InChI is InChI=1S/C20H33N5O2/c1-23-9-11-24(12-10-23)7-2-8-25(17-5-13-27-14-6-17)20(26)19-15-18(21-22-19)16-3-4-16/h15-17H,2-14H2,1H3,(H,21,22). The Kier molecular flexibility index (Phi) is 6.10. The first-order valence-electron chi connectivity index (χ1n) is 10.6. The van der Waals surface area contributed by atoms with Gasteiger partial charge >= 0.3 is 0 Å². The Morgan fingerprint density at radius 2 is 1.96 bits per heavy atom. The van der Waals surface area contributed by atoms with Crippen molar-refractivity contribution in [3.63, 3.8) is 0 Å². The van der Waals surface area contributed by atoms with Crippen LogP contribution in [0.2, 0.25) is 0 Å². The molecule has 4 rings (SSSR count). The van der Waals surface area contributed by atoms with Gasteiger partial charge in [0.2, 0.25) is 0 Å². The molecule has 150 valence electrons. The normalized spacial score (nSPS) is 22.9. The van der Waals surface area contributed by atoms with E-state index in [1.54, 1.807) is 0 Å². The van der Waals surface area contributed by atoms with Gasteiger partial charge in [-0.2, -0.15) is 5.10 Å². The fourth-order valence-corrected chi connectivity index (χ4v) is 4.18. The molecule has 0 atom stereocenters. The second-order valence-electron chi connectivity index (χ2n) is 8.32. The lowest BCUT2D eigenvalue weighted by atomic mass is 10.1. The number of carbonyl (C=O) groups excluding carboxylic acids is 1. The van der Waals surface area contributed by atoms with Gasteiger partial charge in [0.15, 0.2) is 0 Å². The number of nitrogens with one attached hydrogen (secondary N) is 1. The van der Waals surface area contributed by atoms with Crippen LogP contribution >= 0.6 is 0 Å². The molecule has 1 amide bonds. The van der Waals surface area contributed by atoms with E-state index in [2.05, 4.69) is 31.9 Å². The Bertz CT molecular complexity index is 616. The smallest absolute Gasteiger partial charge is 0.274 e. The summed E-state index contributed by atoms with van der Waals surface area (Å²) in [5.74, 6) is 0.677. The van der Waals surface area contributed by atoms with Gasteiger partial charge in [0, 0.05) is 63.6 Å². The Labute approximate surface area is 162 Å². The van der Waals surface area contributed by atoms with E-state index in [0.29, 0.717) is 11.6 Å². The molecule has 1 aliphatic carbocycles. The zero-order valence-corrected chi connectivity index (χ0v) is 16.5. The Balaban J connectivity index is 1.36. The quantitative estimate of drug-likeness (QED) is 0.783. The highest BCUT2D eigenvalue weighted by molar-refractivity contribution is 5.92. The number of nitrogens with zero attached hydrogens (tertiary/aromatic N) is 4. The summed E-state index contributed by atoms with van der Waals surface area (Å²) < 4.78 is 5.52. The number of hydrogen-bond donors (Lipinski definition) is 1. The molecular formula is C20H33N5O2. The fraction of sp³-hybridized carbons (Fsp3) is 0.800. The number of carbonyl (C=O) groups is 1. The second kappa shape index (κ2) is 8.71. The van der Waals surface area contributed by atoms with Crippen molar-refractivity contribution in [3.8, 4) is 0 Å². The molecule has 1 N–H and O–H groups in total. The zero-order valence-electron chi connectivity index (χ0n) is 16.5. The third-order valence-electron chi connectivity index (χ3n) is 6.20. The maximum atomic E-state index is 13.2. The number of amides is 1. The lowest BCUT2D eigenvalue weighted by Crippen LogP contribution is -2.47. The molecule has 3 fully saturated rings. The van der Waals surface area contributed by atoms with E-state index in [-0.39, 0.29) is 11.9 Å². The van der Waals surface area contributed by atoms with Crippen molar-refractivity contribution in [3.05, 3.63) is 17.5 Å². The Morgan fingerprint density at radius 1 is 1.22 bits per heavy atom. The van der Waals surface area contributed by atoms with Crippen LogP contribution in [-0.2, 0) is 4.74 Å². The number of aromatic nitrogens is 2. The summed E-state index contributed by atoms with van der Waals surface area (Å²) in [7, 11) is 2.18. The first-order valence-corrected chi connectivity index (χ1v) is 10.6. The van der Waals surface area contributed by atoms with Crippen LogP contribution in [0.25, 0.3) is 0 Å². The minimum atomic E-state index is 0.0865. The highest BCUT2D eigenvalue weighted by atomic mass is 16.5. The summed E-state index contributed by atoms with van der Waals surface area (Å²) in [6.45, 7) is 7.91. The zero-order chi connectivity index (χ0) is 18.6. The maximum Gasteiger partial charge on any atom is 0.274 e. The predicted molar refractivity (Wildman–Crippen MR) is 104 cm³/mol. The summed E-state index contributed by atoms with van der Waals surface area (Å²) in [6.07, 6.45) is 5.31. The lowest BCUT2D eigenvalue weighted by molar-refractivity contribution is 0.0272. The second-order valence-corrected chi connectivity index (χ2v) is 8.32. The van der Waals surface area contributed by atoms with Crippen molar-refractivity contribution in [2.24, 2.45) is 0 Å². The number of rotatable bonds is 7. The van der Waals surface area contributed by atoms with E-state index in [1.165, 1.54) is 12.8 Å². The number of ether oxygens (including phenoxy) is 1. The van der Waals surface area contributed by atoms with E-state index >= 15 is 0 Å². The predicted octanol–water partition coefficient (Wildman–Crippen LogP) is 1.55. The molecule has 0 unspecified atom stereocenters. The van der Waals surface area contributed by atoms with E-state index in [1.807, 2.05) is 6.07 Å². The van der Waals surface area contributed by atoms with Gasteiger partial charge in [0.1, 0.15) is 5.69 Å². The molecule has 0 spiro atoms. The summed E-state index contributed by atoms with van der Waals surface area (Å²) in [6, 6.07) is 2.26. The van der Waals surface area contributed by atoms with Crippen LogP contribution in [0.1, 0.15) is 54.2 Å². The van der Waals surface area contributed by atoms with Crippen LogP contribution in [0.5, 0.6) is 0 Å². The van der Waals surface area contributed by atoms with Crippen LogP contribution in [0.3, 0.4) is 0 Å². The SMILES string of the molecule is CN1CCN(CCCN(C(=O)c2cc(C3CC3)[nH]n2)C2CCOCC2)CC1. The van der Waals surface area contributed by atoms with Crippen molar-refractivity contribution in [2.75, 3.05) is 59.5 Å². The number of H-pyrrole nitrogens is 1. The van der Waals surface area contributed by atoms with Crippen LogP contribution in [0, 0.1) is 0 Å². The van der Waals surface area contributed by atoms with Gasteiger partial charge in [-0.05, 0) is 51.8 Å². The van der Waals surface area contributed by atoms with Gasteiger partial charge in [-0.15, -0.1) is 0 Å². The lowest BCUT2D eigenvalue weighted by Gasteiger charge is -2.36. The van der Waals surface area contributed by atoms with Gasteiger partial charge in [-0.25, -0.2) is 0 Å². The first-order chi connectivity index (χ1) is 13.2. The minimum Gasteiger partial charge on any atom is -0.381 e. The van der Waals surface area contributed by atoms with Gasteiger partial charge in [0.05, 0.1) is 0 Å². The Hall–Kier alpha value is -1.44. The molecule has 0 aromatic carbocycles. The Morgan fingerprint density at radius 3 is 2.67 bits per heavy atom. The molecule has 7 nitrogen and oxygen atoms in total. The molecule has 1 saturated carbocycles. The molecule has 3 heterocycles. The molecule has 2 aliphatic heterocycles. The molecular weight excluding hydrogens is 342 g/mol. The monoisotopic (exact) mass is 375 g/mol. The van der Waals surface area contributed by atoms with E-state index in [0.717, 1.165) is 77.4 Å². The van der Waals surface area contributed by atoms with E-state index in [9.17, 15) is 4.79 Å². The molecule has 27 heavy (non-hydrogen) atoms. The first kappa shape index (κ1) is 18.9. The molecule has 1 aromatic rings. The topological polar surface area (TPSA) is 64.7 Å². The van der Waals surface area contributed by atoms with E-state index in [4.69, 9.17) is 4.74 Å². The largest absolute Gasteiger partial charge is 0.381 e. The van der Waals surface area contributed by atoms with Crippen LogP contribution < -0.4 is 0 Å². The van der Waals surface area contributed by atoms with Crippen molar-refractivity contribution in [1.29, 1.82) is 0 Å². The fourth-order valence-electron chi connectivity index (χ4n) is 4.18. The van der Waals surface area contributed by atoms with Crippen molar-refractivity contribution < 1.29 is 9.53 Å². The summed E-state index contributed by atoms with van der Waals surface area (Å²) in [4.78, 5) is 20.2. The summed E-state index contributed by atoms with van der Waals surface area (Å²) >= 11 is 0. The molecule has 2 saturated heterocycles. The van der Waals surface area contributed by atoms with Crippen molar-refractivity contribution in [1.82, 2.24) is 24.9 Å². The molecule has 3 aliphatic rings.